The largest absolute Gasteiger partial charge is 0.431 e. The molecule has 0 bridgehead atoms. The maximum atomic E-state index is 13.2. The number of nitriles is 1. The van der Waals surface area contributed by atoms with Crippen LogP contribution in [0.5, 0.6) is 10.9 Å². The second-order valence-corrected chi connectivity index (χ2v) is 3.91. The van der Waals surface area contributed by atoms with Gasteiger partial charge in [0.2, 0.25) is 0 Å². The summed E-state index contributed by atoms with van der Waals surface area (Å²) in [6, 6.07) is 5.71. The smallest absolute Gasteiger partial charge is 0.280 e. The summed E-state index contributed by atoms with van der Waals surface area (Å²) in [4.78, 5) is 3.87. The number of ether oxygens (including phenoxy) is 1. The van der Waals surface area contributed by atoms with Crippen molar-refractivity contribution in [3.63, 3.8) is 0 Å². The number of nitrogens with zero attached hydrogens (tertiary/aromatic N) is 2. The zero-order chi connectivity index (χ0) is 11.5. The molecule has 0 aliphatic rings. The number of hydrogen-bond acceptors (Lipinski definition) is 5. The molecule has 16 heavy (non-hydrogen) atoms. The van der Waals surface area contributed by atoms with E-state index in [0.29, 0.717) is 10.2 Å². The van der Waals surface area contributed by atoms with E-state index in [1.807, 2.05) is 0 Å². The quantitative estimate of drug-likeness (QED) is 0.868. The Hall–Kier alpha value is -2.13. The van der Waals surface area contributed by atoms with Crippen LogP contribution in [0.1, 0.15) is 5.56 Å². The lowest BCUT2D eigenvalue weighted by Gasteiger charge is -2.01. The van der Waals surface area contributed by atoms with Gasteiger partial charge in [-0.3, -0.25) is 0 Å². The minimum atomic E-state index is -0.621. The fraction of sp³-hybridized carbons (Fsp3) is 0. The minimum absolute atomic E-state index is 0.0222. The number of aromatic nitrogens is 1. The van der Waals surface area contributed by atoms with Crippen molar-refractivity contribution in [2.24, 2.45) is 0 Å². The molecule has 1 aromatic carbocycles. The fourth-order valence-corrected chi connectivity index (χ4v) is 1.62. The van der Waals surface area contributed by atoms with Crippen LogP contribution in [-0.4, -0.2) is 4.98 Å². The first-order valence-corrected chi connectivity index (χ1v) is 5.09. The molecule has 1 aromatic heterocycles. The van der Waals surface area contributed by atoms with Crippen LogP contribution in [0.25, 0.3) is 0 Å². The molecule has 2 rings (SSSR count). The fourth-order valence-electron chi connectivity index (χ4n) is 1.07. The zero-order valence-corrected chi connectivity index (χ0v) is 8.79. The predicted octanol–water partition coefficient (Wildman–Crippen LogP) is 2.53. The number of anilines is 1. The highest BCUT2D eigenvalue weighted by atomic mass is 32.1. The van der Waals surface area contributed by atoms with Gasteiger partial charge in [-0.15, -0.1) is 0 Å². The molecule has 0 amide bonds. The van der Waals surface area contributed by atoms with Gasteiger partial charge in [-0.25, -0.2) is 9.37 Å². The summed E-state index contributed by atoms with van der Waals surface area (Å²) < 4.78 is 18.5. The van der Waals surface area contributed by atoms with Crippen LogP contribution in [0.4, 0.5) is 9.39 Å². The van der Waals surface area contributed by atoms with E-state index < -0.39 is 5.82 Å². The number of nitrogen functional groups attached to an aromatic ring is 1. The van der Waals surface area contributed by atoms with Gasteiger partial charge in [-0.2, -0.15) is 5.26 Å². The molecule has 2 aromatic rings. The lowest BCUT2D eigenvalue weighted by atomic mass is 10.2. The first kappa shape index (κ1) is 10.4. The van der Waals surface area contributed by atoms with E-state index in [9.17, 15) is 4.39 Å². The molecule has 4 nitrogen and oxygen atoms in total. The average molecular weight is 235 g/mol. The topological polar surface area (TPSA) is 71.9 Å². The summed E-state index contributed by atoms with van der Waals surface area (Å²) >= 11 is 1.16. The first-order chi connectivity index (χ1) is 7.69. The van der Waals surface area contributed by atoms with Crippen LogP contribution in [0, 0.1) is 17.1 Å². The Balaban J connectivity index is 2.23. The maximum Gasteiger partial charge on any atom is 0.280 e. The van der Waals surface area contributed by atoms with Crippen LogP contribution < -0.4 is 10.5 Å². The summed E-state index contributed by atoms with van der Waals surface area (Å²) in [5.74, 6) is -0.338. The van der Waals surface area contributed by atoms with E-state index in [4.69, 9.17) is 15.7 Å². The molecule has 6 heteroatoms. The van der Waals surface area contributed by atoms with E-state index in [-0.39, 0.29) is 11.3 Å². The molecule has 1 heterocycles. The first-order valence-electron chi connectivity index (χ1n) is 4.28. The van der Waals surface area contributed by atoms with Crippen LogP contribution in [-0.2, 0) is 0 Å². The number of halogens is 1. The lowest BCUT2D eigenvalue weighted by Crippen LogP contribution is -1.87. The molecular formula is C10H6FN3OS. The predicted molar refractivity (Wildman–Crippen MR) is 57.7 cm³/mol. The van der Waals surface area contributed by atoms with Gasteiger partial charge < -0.3 is 10.5 Å². The Bertz CT molecular complexity index is 561. The highest BCUT2D eigenvalue weighted by Gasteiger charge is 2.06. The van der Waals surface area contributed by atoms with Crippen molar-refractivity contribution >= 4 is 16.3 Å². The number of thiazole rings is 1. The van der Waals surface area contributed by atoms with E-state index in [0.717, 1.165) is 17.4 Å². The number of rotatable bonds is 2. The molecule has 0 spiro atoms. The Kier molecular flexibility index (Phi) is 2.70. The monoisotopic (exact) mass is 235 g/mol. The van der Waals surface area contributed by atoms with Gasteiger partial charge in [-0.05, 0) is 12.1 Å². The molecule has 0 aliphatic heterocycles. The molecule has 0 atom stereocenters. The molecule has 0 unspecified atom stereocenters. The number of nitrogens with two attached hydrogens (primary N) is 1. The van der Waals surface area contributed by atoms with Gasteiger partial charge in [-0.1, -0.05) is 11.3 Å². The molecule has 2 N–H and O–H groups in total. The number of benzene rings is 1. The molecule has 0 fully saturated rings. The second-order valence-electron chi connectivity index (χ2n) is 2.88. The van der Waals surface area contributed by atoms with E-state index >= 15 is 0 Å². The van der Waals surface area contributed by atoms with Crippen molar-refractivity contribution in [2.75, 3.05) is 5.73 Å². The maximum absolute atomic E-state index is 13.2. The summed E-state index contributed by atoms with van der Waals surface area (Å²) in [5.41, 5.74) is 5.44. The van der Waals surface area contributed by atoms with Crippen molar-refractivity contribution in [1.29, 1.82) is 5.26 Å². The highest BCUT2D eigenvalue weighted by Crippen LogP contribution is 2.28. The van der Waals surface area contributed by atoms with Gasteiger partial charge in [0.25, 0.3) is 5.19 Å². The molecule has 80 valence electrons. The van der Waals surface area contributed by atoms with Crippen molar-refractivity contribution < 1.29 is 9.13 Å². The van der Waals surface area contributed by atoms with Crippen molar-refractivity contribution in [3.05, 3.63) is 35.8 Å². The Labute approximate surface area is 94.7 Å². The Morgan fingerprint density at radius 2 is 2.31 bits per heavy atom. The van der Waals surface area contributed by atoms with Crippen molar-refractivity contribution in [1.82, 2.24) is 4.98 Å². The van der Waals surface area contributed by atoms with Crippen LogP contribution in [0.15, 0.2) is 24.4 Å². The summed E-state index contributed by atoms with van der Waals surface area (Å²) in [6.45, 7) is 0. The molecule has 0 saturated heterocycles. The second kappa shape index (κ2) is 4.16. The minimum Gasteiger partial charge on any atom is -0.431 e. The van der Waals surface area contributed by atoms with E-state index in [1.54, 1.807) is 6.07 Å². The summed E-state index contributed by atoms with van der Waals surface area (Å²) in [7, 11) is 0. The van der Waals surface area contributed by atoms with Crippen LogP contribution in [0.3, 0.4) is 0 Å². The van der Waals surface area contributed by atoms with Gasteiger partial charge >= 0.3 is 0 Å². The normalized spacial score (nSPS) is 9.75. The van der Waals surface area contributed by atoms with Crippen LogP contribution >= 0.6 is 11.3 Å². The molecule has 0 aliphatic carbocycles. The summed E-state index contributed by atoms with van der Waals surface area (Å²) in [6.07, 6.45) is 1.46. The van der Waals surface area contributed by atoms with Crippen molar-refractivity contribution in [3.8, 4) is 17.0 Å². The molecule has 0 saturated carbocycles. The molecule has 0 radical (unpaired) electrons. The Morgan fingerprint density at radius 3 is 2.88 bits per heavy atom. The van der Waals surface area contributed by atoms with E-state index in [2.05, 4.69) is 4.98 Å². The third kappa shape index (κ3) is 2.10. The van der Waals surface area contributed by atoms with Gasteiger partial charge in [0.15, 0.2) is 0 Å². The van der Waals surface area contributed by atoms with Crippen molar-refractivity contribution in [2.45, 2.75) is 0 Å². The highest BCUT2D eigenvalue weighted by molar-refractivity contribution is 7.17. The third-order valence-corrected chi connectivity index (χ3v) is 2.47. The van der Waals surface area contributed by atoms with Gasteiger partial charge in [0, 0.05) is 6.07 Å². The Morgan fingerprint density at radius 1 is 1.50 bits per heavy atom. The number of hydrogen-bond donors (Lipinski definition) is 1. The zero-order valence-electron chi connectivity index (χ0n) is 7.98. The molecular weight excluding hydrogens is 229 g/mol. The lowest BCUT2D eigenvalue weighted by molar-refractivity contribution is 0.473. The third-order valence-electron chi connectivity index (χ3n) is 1.77. The average Bonchev–Trinajstić information content (AvgIpc) is 2.64. The standard InChI is InChI=1S/C10H6FN3OS/c11-8-3-7(2-1-6(8)4-12)15-10-14-5-9(13)16-10/h1-3,5H,13H2. The SMILES string of the molecule is N#Cc1ccc(Oc2ncc(N)s2)cc1F. The summed E-state index contributed by atoms with van der Waals surface area (Å²) in [5, 5.41) is 9.40. The van der Waals surface area contributed by atoms with Crippen LogP contribution in [0.2, 0.25) is 0 Å². The van der Waals surface area contributed by atoms with Gasteiger partial charge in [0.1, 0.15) is 22.6 Å². The van der Waals surface area contributed by atoms with E-state index in [1.165, 1.54) is 18.3 Å². The van der Waals surface area contributed by atoms with Gasteiger partial charge in [0.05, 0.1) is 11.8 Å².